The highest BCUT2D eigenvalue weighted by Crippen LogP contribution is 2.06. The molecule has 6 heteroatoms. The average molecular weight is 325 g/mol. The average Bonchev–Trinajstić information content (AvgIpc) is 2.63. The summed E-state index contributed by atoms with van der Waals surface area (Å²) in [4.78, 5) is 28.5. The van der Waals surface area contributed by atoms with Crippen LogP contribution in [0.2, 0.25) is 0 Å². The third kappa shape index (κ3) is 5.33. The first-order valence-corrected chi connectivity index (χ1v) is 7.58. The summed E-state index contributed by atoms with van der Waals surface area (Å²) in [7, 11) is 0. The third-order valence-corrected chi connectivity index (χ3v) is 3.17. The van der Waals surface area contributed by atoms with E-state index >= 15 is 0 Å². The van der Waals surface area contributed by atoms with Crippen LogP contribution in [0.1, 0.15) is 22.3 Å². The van der Waals surface area contributed by atoms with Gasteiger partial charge in [0, 0.05) is 31.1 Å². The molecule has 3 N–H and O–H groups in total. The normalized spacial score (nSPS) is 11.0. The van der Waals surface area contributed by atoms with Crippen LogP contribution in [0.15, 0.2) is 60.6 Å². The van der Waals surface area contributed by atoms with Gasteiger partial charge >= 0.3 is 0 Å². The topological polar surface area (TPSA) is 91.3 Å². The van der Waals surface area contributed by atoms with E-state index in [4.69, 9.17) is 5.11 Å². The zero-order valence-corrected chi connectivity index (χ0v) is 13.1. The molecule has 0 fully saturated rings. The first kappa shape index (κ1) is 17.4. The Kier molecular flexibility index (Phi) is 6.67. The summed E-state index contributed by atoms with van der Waals surface area (Å²) in [6, 6.07) is 12.1. The number of carbonyl (C=O) groups excluding carboxylic acids is 2. The fourth-order valence-electron chi connectivity index (χ4n) is 1.94. The monoisotopic (exact) mass is 325 g/mol. The molecule has 2 amide bonds. The molecule has 1 aromatic heterocycles. The van der Waals surface area contributed by atoms with Crippen LogP contribution in [-0.2, 0) is 4.79 Å². The van der Waals surface area contributed by atoms with Crippen molar-refractivity contribution in [1.82, 2.24) is 15.6 Å². The Balaban J connectivity index is 2.17. The molecule has 0 aliphatic carbocycles. The first-order valence-electron chi connectivity index (χ1n) is 7.58. The highest BCUT2D eigenvalue weighted by atomic mass is 16.3. The fraction of sp³-hybridized carbons (Fsp3) is 0.167. The van der Waals surface area contributed by atoms with Gasteiger partial charge in [-0.3, -0.25) is 14.6 Å². The van der Waals surface area contributed by atoms with Crippen molar-refractivity contribution in [2.75, 3.05) is 13.2 Å². The number of pyridine rings is 1. The Morgan fingerprint density at radius 1 is 1.08 bits per heavy atom. The molecule has 1 aromatic carbocycles. The van der Waals surface area contributed by atoms with Gasteiger partial charge in [0.15, 0.2) is 0 Å². The Morgan fingerprint density at radius 3 is 2.46 bits per heavy atom. The molecule has 0 bridgehead atoms. The molecule has 0 aliphatic rings. The highest BCUT2D eigenvalue weighted by molar-refractivity contribution is 6.05. The Morgan fingerprint density at radius 2 is 1.79 bits per heavy atom. The zero-order chi connectivity index (χ0) is 17.2. The van der Waals surface area contributed by atoms with Crippen molar-refractivity contribution >= 4 is 17.9 Å². The molecule has 2 aromatic rings. The van der Waals surface area contributed by atoms with Gasteiger partial charge in [0.25, 0.3) is 11.8 Å². The van der Waals surface area contributed by atoms with Crippen LogP contribution in [-0.4, -0.2) is 35.1 Å². The molecule has 0 aliphatic heterocycles. The second-order valence-corrected chi connectivity index (χ2v) is 4.99. The second-order valence-electron chi connectivity index (χ2n) is 4.99. The minimum absolute atomic E-state index is 0.0138. The van der Waals surface area contributed by atoms with Gasteiger partial charge < -0.3 is 15.7 Å². The maximum atomic E-state index is 12.3. The zero-order valence-electron chi connectivity index (χ0n) is 13.1. The van der Waals surface area contributed by atoms with Crippen molar-refractivity contribution in [1.29, 1.82) is 0 Å². The minimum atomic E-state index is -0.412. The van der Waals surface area contributed by atoms with E-state index < -0.39 is 5.91 Å². The van der Waals surface area contributed by atoms with Crippen molar-refractivity contribution in [2.45, 2.75) is 6.42 Å². The van der Waals surface area contributed by atoms with Crippen LogP contribution >= 0.6 is 0 Å². The number of nitrogens with one attached hydrogen (secondary N) is 2. The number of aromatic nitrogens is 1. The van der Waals surface area contributed by atoms with E-state index in [2.05, 4.69) is 15.6 Å². The summed E-state index contributed by atoms with van der Waals surface area (Å²) in [5.74, 6) is -0.780. The Labute approximate surface area is 140 Å². The highest BCUT2D eigenvalue weighted by Gasteiger charge is 2.14. The fourth-order valence-corrected chi connectivity index (χ4v) is 1.94. The second kappa shape index (κ2) is 9.22. The molecule has 0 saturated carbocycles. The lowest BCUT2D eigenvalue weighted by atomic mass is 10.2. The largest absolute Gasteiger partial charge is 0.396 e. The molecule has 0 unspecified atom stereocenters. The summed E-state index contributed by atoms with van der Waals surface area (Å²) >= 11 is 0. The smallest absolute Gasteiger partial charge is 0.267 e. The number of hydrogen-bond acceptors (Lipinski definition) is 4. The van der Waals surface area contributed by atoms with E-state index in [0.29, 0.717) is 18.5 Å². The molecule has 124 valence electrons. The molecule has 0 spiro atoms. The predicted molar refractivity (Wildman–Crippen MR) is 90.8 cm³/mol. The van der Waals surface area contributed by atoms with E-state index in [1.807, 2.05) is 6.07 Å². The summed E-state index contributed by atoms with van der Waals surface area (Å²) in [6.45, 7) is 0.310. The van der Waals surface area contributed by atoms with E-state index in [9.17, 15) is 9.59 Å². The van der Waals surface area contributed by atoms with Crippen LogP contribution in [0.3, 0.4) is 0 Å². The van der Waals surface area contributed by atoms with Crippen molar-refractivity contribution < 1.29 is 14.7 Å². The number of amides is 2. The van der Waals surface area contributed by atoms with Gasteiger partial charge in [-0.15, -0.1) is 0 Å². The Hall–Kier alpha value is -2.99. The van der Waals surface area contributed by atoms with Crippen molar-refractivity contribution in [2.24, 2.45) is 0 Å². The van der Waals surface area contributed by atoms with E-state index in [-0.39, 0.29) is 18.2 Å². The molecular formula is C18H19N3O3. The number of nitrogens with zero attached hydrogens (tertiary/aromatic N) is 1. The molecule has 0 atom stereocenters. The summed E-state index contributed by atoms with van der Waals surface area (Å²) < 4.78 is 0. The molecule has 1 heterocycles. The summed E-state index contributed by atoms with van der Waals surface area (Å²) in [6.07, 6.45) is 5.23. The third-order valence-electron chi connectivity index (χ3n) is 3.17. The van der Waals surface area contributed by atoms with E-state index in [1.165, 1.54) is 0 Å². The van der Waals surface area contributed by atoms with Gasteiger partial charge in [-0.05, 0) is 42.3 Å². The van der Waals surface area contributed by atoms with Gasteiger partial charge in [-0.1, -0.05) is 18.2 Å². The lowest BCUT2D eigenvalue weighted by Gasteiger charge is -2.11. The van der Waals surface area contributed by atoms with Gasteiger partial charge in [-0.2, -0.15) is 0 Å². The molecular weight excluding hydrogens is 306 g/mol. The molecule has 24 heavy (non-hydrogen) atoms. The van der Waals surface area contributed by atoms with Crippen LogP contribution in [0, 0.1) is 0 Å². The molecule has 2 rings (SSSR count). The molecule has 0 radical (unpaired) electrons. The van der Waals surface area contributed by atoms with Crippen LogP contribution in [0.4, 0.5) is 0 Å². The van der Waals surface area contributed by atoms with Crippen molar-refractivity contribution in [3.63, 3.8) is 0 Å². The number of rotatable bonds is 7. The van der Waals surface area contributed by atoms with E-state index in [0.717, 1.165) is 5.56 Å². The molecule has 0 saturated heterocycles. The number of aliphatic hydroxyl groups is 1. The SMILES string of the molecule is O=C(NCCCO)/C(=C\c1ccncc1)NC(=O)c1ccccc1. The summed E-state index contributed by atoms with van der Waals surface area (Å²) in [5.41, 5.74) is 1.33. The minimum Gasteiger partial charge on any atom is -0.396 e. The van der Waals surface area contributed by atoms with Gasteiger partial charge in [-0.25, -0.2) is 0 Å². The first-order chi connectivity index (χ1) is 11.7. The van der Waals surface area contributed by atoms with Crippen molar-refractivity contribution in [3.8, 4) is 0 Å². The van der Waals surface area contributed by atoms with Gasteiger partial charge in [0.05, 0.1) is 0 Å². The van der Waals surface area contributed by atoms with E-state index in [1.54, 1.807) is 54.9 Å². The maximum absolute atomic E-state index is 12.3. The number of carbonyl (C=O) groups is 2. The molecule has 6 nitrogen and oxygen atoms in total. The number of benzene rings is 1. The van der Waals surface area contributed by atoms with Gasteiger partial charge in [0.1, 0.15) is 5.70 Å². The number of hydrogen-bond donors (Lipinski definition) is 3. The Bertz CT molecular complexity index is 700. The van der Waals surface area contributed by atoms with Crippen LogP contribution < -0.4 is 10.6 Å². The van der Waals surface area contributed by atoms with Gasteiger partial charge in [0.2, 0.25) is 0 Å². The lowest BCUT2D eigenvalue weighted by Crippen LogP contribution is -2.35. The lowest BCUT2D eigenvalue weighted by molar-refractivity contribution is -0.117. The van der Waals surface area contributed by atoms with Crippen LogP contribution in [0.5, 0.6) is 0 Å². The number of aliphatic hydroxyl groups excluding tert-OH is 1. The quantitative estimate of drug-likeness (QED) is 0.529. The van der Waals surface area contributed by atoms with Crippen molar-refractivity contribution in [3.05, 3.63) is 71.7 Å². The predicted octanol–water partition coefficient (Wildman–Crippen LogP) is 1.35. The maximum Gasteiger partial charge on any atom is 0.267 e. The standard InChI is InChI=1S/C18H19N3O3/c22-12-4-9-20-18(24)16(13-14-7-10-19-11-8-14)21-17(23)15-5-2-1-3-6-15/h1-3,5-8,10-11,13,22H,4,9,12H2,(H,20,24)(H,21,23)/b16-13+. The summed E-state index contributed by atoms with van der Waals surface area (Å²) in [5, 5.41) is 14.1. The van der Waals surface area contributed by atoms with Crippen LogP contribution in [0.25, 0.3) is 6.08 Å².